The summed E-state index contributed by atoms with van der Waals surface area (Å²) >= 11 is 1.58. The standard InChI is InChI=1S/C21H22O5S/c1-4-26-21(23)20-15(13-7-8-17(24-2)18(12-13)25-3)10-14(11-16(20)22)19-6-5-9-27-19/h5-9,11-12,15,20H,4,10H2,1-3H3/t15-,20+/m1/s1. The molecule has 2 atom stereocenters. The molecular formula is C21H22O5S. The lowest BCUT2D eigenvalue weighted by Crippen LogP contribution is -2.33. The largest absolute Gasteiger partial charge is 0.493 e. The highest BCUT2D eigenvalue weighted by molar-refractivity contribution is 7.11. The van der Waals surface area contributed by atoms with E-state index in [-0.39, 0.29) is 18.3 Å². The second kappa shape index (κ2) is 8.39. The second-order valence-electron chi connectivity index (χ2n) is 6.20. The molecule has 0 unspecified atom stereocenters. The van der Waals surface area contributed by atoms with Crippen molar-refractivity contribution in [3.05, 3.63) is 52.2 Å². The average molecular weight is 386 g/mol. The maximum absolute atomic E-state index is 12.8. The fourth-order valence-electron chi connectivity index (χ4n) is 3.41. The Balaban J connectivity index is 2.04. The third-order valence-electron chi connectivity index (χ3n) is 4.68. The molecule has 5 nitrogen and oxygen atoms in total. The minimum absolute atomic E-state index is 0.220. The first-order valence-electron chi connectivity index (χ1n) is 8.75. The van der Waals surface area contributed by atoms with Gasteiger partial charge in [0.05, 0.1) is 20.8 Å². The molecule has 0 fully saturated rings. The molecule has 1 aliphatic carbocycles. The number of thiophene rings is 1. The van der Waals surface area contributed by atoms with Crippen LogP contribution in [0.5, 0.6) is 11.5 Å². The number of benzene rings is 1. The van der Waals surface area contributed by atoms with Crippen LogP contribution in [-0.4, -0.2) is 32.6 Å². The summed E-state index contributed by atoms with van der Waals surface area (Å²) in [5, 5.41) is 1.98. The van der Waals surface area contributed by atoms with Crippen LogP contribution in [0, 0.1) is 5.92 Å². The maximum Gasteiger partial charge on any atom is 0.317 e. The molecule has 1 aliphatic rings. The highest BCUT2D eigenvalue weighted by Crippen LogP contribution is 2.43. The van der Waals surface area contributed by atoms with Crippen molar-refractivity contribution in [3.8, 4) is 11.5 Å². The molecule has 0 saturated carbocycles. The zero-order valence-electron chi connectivity index (χ0n) is 15.6. The molecule has 27 heavy (non-hydrogen) atoms. The van der Waals surface area contributed by atoms with Crippen molar-refractivity contribution < 1.29 is 23.8 Å². The van der Waals surface area contributed by atoms with Crippen LogP contribution in [0.2, 0.25) is 0 Å². The van der Waals surface area contributed by atoms with Crippen molar-refractivity contribution in [2.24, 2.45) is 5.92 Å². The Morgan fingerprint density at radius 2 is 1.96 bits per heavy atom. The normalized spacial score (nSPS) is 19.4. The predicted octanol–water partition coefficient (Wildman–Crippen LogP) is 4.08. The quantitative estimate of drug-likeness (QED) is 0.553. The number of carbonyl (C=O) groups excluding carboxylic acids is 2. The molecule has 0 radical (unpaired) electrons. The van der Waals surface area contributed by atoms with Crippen LogP contribution in [0.15, 0.2) is 41.8 Å². The summed E-state index contributed by atoms with van der Waals surface area (Å²) in [5.41, 5.74) is 1.79. The molecule has 1 heterocycles. The Labute approximate surface area is 162 Å². The van der Waals surface area contributed by atoms with Gasteiger partial charge >= 0.3 is 5.97 Å². The Kier molecular flexibility index (Phi) is 5.96. The average Bonchev–Trinajstić information content (AvgIpc) is 3.21. The van der Waals surface area contributed by atoms with E-state index in [9.17, 15) is 9.59 Å². The van der Waals surface area contributed by atoms with E-state index in [1.54, 1.807) is 44.6 Å². The summed E-state index contributed by atoms with van der Waals surface area (Å²) < 4.78 is 15.9. The first-order chi connectivity index (χ1) is 13.1. The smallest absolute Gasteiger partial charge is 0.317 e. The molecular weight excluding hydrogens is 364 g/mol. The van der Waals surface area contributed by atoms with E-state index in [0.29, 0.717) is 17.9 Å². The lowest BCUT2D eigenvalue weighted by atomic mass is 9.74. The summed E-state index contributed by atoms with van der Waals surface area (Å²) in [6.45, 7) is 1.98. The van der Waals surface area contributed by atoms with Gasteiger partial charge in [0.25, 0.3) is 0 Å². The van der Waals surface area contributed by atoms with E-state index < -0.39 is 11.9 Å². The van der Waals surface area contributed by atoms with Crippen LogP contribution in [0.25, 0.3) is 5.57 Å². The zero-order valence-corrected chi connectivity index (χ0v) is 16.4. The van der Waals surface area contributed by atoms with Crippen LogP contribution in [0.4, 0.5) is 0 Å². The molecule has 0 amide bonds. The van der Waals surface area contributed by atoms with Crippen molar-refractivity contribution in [1.29, 1.82) is 0 Å². The Morgan fingerprint density at radius 1 is 1.19 bits per heavy atom. The fraction of sp³-hybridized carbons (Fsp3) is 0.333. The van der Waals surface area contributed by atoms with E-state index in [0.717, 1.165) is 16.0 Å². The number of hydrogen-bond acceptors (Lipinski definition) is 6. The summed E-state index contributed by atoms with van der Waals surface area (Å²) in [7, 11) is 3.13. The van der Waals surface area contributed by atoms with Crippen molar-refractivity contribution in [1.82, 2.24) is 0 Å². The predicted molar refractivity (Wildman–Crippen MR) is 104 cm³/mol. The zero-order chi connectivity index (χ0) is 19.4. The summed E-state index contributed by atoms with van der Waals surface area (Å²) in [6.07, 6.45) is 2.16. The summed E-state index contributed by atoms with van der Waals surface area (Å²) in [6, 6.07) is 9.45. The van der Waals surface area contributed by atoms with Gasteiger partial charge in [-0.05, 0) is 54.1 Å². The molecule has 6 heteroatoms. The molecule has 0 saturated heterocycles. The van der Waals surface area contributed by atoms with Gasteiger partial charge in [0.2, 0.25) is 0 Å². The number of methoxy groups -OCH3 is 2. The van der Waals surface area contributed by atoms with Crippen LogP contribution in [-0.2, 0) is 14.3 Å². The van der Waals surface area contributed by atoms with Gasteiger partial charge in [-0.1, -0.05) is 12.1 Å². The Morgan fingerprint density at radius 3 is 2.59 bits per heavy atom. The van der Waals surface area contributed by atoms with Gasteiger partial charge in [-0.3, -0.25) is 9.59 Å². The highest BCUT2D eigenvalue weighted by atomic mass is 32.1. The number of ether oxygens (including phenoxy) is 3. The molecule has 1 aromatic carbocycles. The van der Waals surface area contributed by atoms with Gasteiger partial charge in [0.1, 0.15) is 5.92 Å². The van der Waals surface area contributed by atoms with E-state index in [1.165, 1.54) is 0 Å². The van der Waals surface area contributed by atoms with E-state index in [4.69, 9.17) is 14.2 Å². The number of esters is 1. The Hall–Kier alpha value is -2.60. The molecule has 0 N–H and O–H groups in total. The number of rotatable bonds is 6. The molecule has 0 bridgehead atoms. The minimum Gasteiger partial charge on any atom is -0.493 e. The van der Waals surface area contributed by atoms with Crippen molar-refractivity contribution in [3.63, 3.8) is 0 Å². The van der Waals surface area contributed by atoms with Gasteiger partial charge < -0.3 is 14.2 Å². The molecule has 0 aliphatic heterocycles. The first-order valence-corrected chi connectivity index (χ1v) is 9.63. The van der Waals surface area contributed by atoms with E-state index >= 15 is 0 Å². The third kappa shape index (κ3) is 3.90. The number of hydrogen-bond donors (Lipinski definition) is 0. The van der Waals surface area contributed by atoms with Crippen molar-refractivity contribution in [2.45, 2.75) is 19.3 Å². The highest BCUT2D eigenvalue weighted by Gasteiger charge is 2.40. The van der Waals surface area contributed by atoms with Gasteiger partial charge in [0.15, 0.2) is 17.3 Å². The fourth-order valence-corrected chi connectivity index (χ4v) is 4.17. The molecule has 1 aromatic heterocycles. The molecule has 3 rings (SSSR count). The topological polar surface area (TPSA) is 61.8 Å². The molecule has 142 valence electrons. The summed E-state index contributed by atoms with van der Waals surface area (Å²) in [5.74, 6) is -0.709. The number of carbonyl (C=O) groups is 2. The summed E-state index contributed by atoms with van der Waals surface area (Å²) in [4.78, 5) is 26.4. The number of ketones is 1. The van der Waals surface area contributed by atoms with E-state index in [1.807, 2.05) is 29.6 Å². The molecule has 0 spiro atoms. The van der Waals surface area contributed by atoms with Crippen LogP contribution >= 0.6 is 11.3 Å². The number of allylic oxidation sites excluding steroid dienone is 2. The van der Waals surface area contributed by atoms with Gasteiger partial charge in [-0.15, -0.1) is 11.3 Å². The van der Waals surface area contributed by atoms with Gasteiger partial charge in [-0.2, -0.15) is 0 Å². The van der Waals surface area contributed by atoms with Crippen molar-refractivity contribution >= 4 is 28.7 Å². The third-order valence-corrected chi connectivity index (χ3v) is 5.62. The lowest BCUT2D eigenvalue weighted by Gasteiger charge is -2.29. The second-order valence-corrected chi connectivity index (χ2v) is 7.15. The maximum atomic E-state index is 12.8. The van der Waals surface area contributed by atoms with Crippen LogP contribution in [0.1, 0.15) is 29.7 Å². The lowest BCUT2D eigenvalue weighted by molar-refractivity contribution is -0.151. The minimum atomic E-state index is -0.855. The molecule has 2 aromatic rings. The first kappa shape index (κ1) is 19.2. The van der Waals surface area contributed by atoms with E-state index in [2.05, 4.69) is 0 Å². The SMILES string of the molecule is CCOC(=O)[C@@H]1C(=O)C=C(c2cccs2)C[C@@H]1c1ccc(OC)c(OC)c1. The Bertz CT molecular complexity index is 853. The monoisotopic (exact) mass is 386 g/mol. The van der Waals surface area contributed by atoms with Crippen LogP contribution < -0.4 is 9.47 Å². The van der Waals surface area contributed by atoms with Gasteiger partial charge in [-0.25, -0.2) is 0 Å². The van der Waals surface area contributed by atoms with Gasteiger partial charge in [0, 0.05) is 10.8 Å². The van der Waals surface area contributed by atoms with Crippen molar-refractivity contribution in [2.75, 3.05) is 20.8 Å². The van der Waals surface area contributed by atoms with Crippen LogP contribution in [0.3, 0.4) is 0 Å².